The number of aliphatic hydroxyl groups is 1. The number of rotatable bonds is 11. The second-order valence-electron chi connectivity index (χ2n) is 6.32. The topological polar surface area (TPSA) is 114 Å². The smallest absolute Gasteiger partial charge is 0.340 e. The first kappa shape index (κ1) is 27.8. The van der Waals surface area contributed by atoms with Gasteiger partial charge in [0, 0.05) is 20.5 Å². The fourth-order valence-electron chi connectivity index (χ4n) is 2.53. The number of esters is 1. The molecule has 1 unspecified atom stereocenters. The molecule has 168 valence electrons. The van der Waals surface area contributed by atoms with Gasteiger partial charge in [0.05, 0.1) is 34.3 Å². The number of aliphatic hydroxyl groups excluding tert-OH is 1. The van der Waals surface area contributed by atoms with Crippen LogP contribution in [-0.2, 0) is 19.1 Å². The normalized spacial score (nSPS) is 11.7. The van der Waals surface area contributed by atoms with Gasteiger partial charge in [-0.05, 0) is 100 Å². The van der Waals surface area contributed by atoms with Crippen molar-refractivity contribution in [3.8, 4) is 0 Å². The summed E-state index contributed by atoms with van der Waals surface area (Å²) in [5.74, 6) is -1.09. The summed E-state index contributed by atoms with van der Waals surface area (Å²) in [6.07, 6.45) is 1.98. The van der Waals surface area contributed by atoms with Gasteiger partial charge in [0.25, 0.3) is 0 Å². The maximum absolute atomic E-state index is 12.8. The fourth-order valence-corrected chi connectivity index (χ4v) is 6.67. The van der Waals surface area contributed by atoms with Gasteiger partial charge in [0.15, 0.2) is 6.29 Å². The number of benzene rings is 1. The van der Waals surface area contributed by atoms with E-state index in [1.165, 1.54) is 13.8 Å². The van der Waals surface area contributed by atoms with Crippen LogP contribution in [0.15, 0.2) is 0 Å². The number of anilines is 2. The molecule has 2 amide bonds. The molecule has 0 saturated carbocycles. The van der Waals surface area contributed by atoms with Crippen LogP contribution in [0.25, 0.3) is 0 Å². The maximum atomic E-state index is 12.8. The first-order valence-electron chi connectivity index (χ1n) is 9.32. The van der Waals surface area contributed by atoms with Gasteiger partial charge in [0.1, 0.15) is 0 Å². The molecule has 0 fully saturated rings. The van der Waals surface area contributed by atoms with Crippen molar-refractivity contribution in [1.29, 1.82) is 0 Å². The molecule has 0 aliphatic carbocycles. The molecule has 1 aromatic carbocycles. The first-order chi connectivity index (χ1) is 14.1. The average Bonchev–Trinajstić information content (AvgIpc) is 2.65. The summed E-state index contributed by atoms with van der Waals surface area (Å²) >= 11 is 6.03. The van der Waals surface area contributed by atoms with Gasteiger partial charge < -0.3 is 25.2 Å². The molecule has 0 aliphatic rings. The van der Waals surface area contributed by atoms with Crippen molar-refractivity contribution in [1.82, 2.24) is 0 Å². The molecule has 11 heteroatoms. The summed E-state index contributed by atoms with van der Waals surface area (Å²) in [5.41, 5.74) is 1.23. The third kappa shape index (κ3) is 8.70. The highest BCUT2D eigenvalue weighted by Gasteiger charge is 2.26. The molecule has 1 aromatic rings. The lowest BCUT2D eigenvalue weighted by atomic mass is 10.1. The van der Waals surface area contributed by atoms with Crippen LogP contribution in [0.2, 0.25) is 0 Å². The monoisotopic (exact) mass is 758 g/mol. The number of amides is 2. The largest absolute Gasteiger partial charge is 0.462 e. The van der Waals surface area contributed by atoms with E-state index in [-0.39, 0.29) is 18.4 Å². The highest BCUT2D eigenvalue weighted by molar-refractivity contribution is 14.1. The van der Waals surface area contributed by atoms with Crippen LogP contribution < -0.4 is 10.6 Å². The van der Waals surface area contributed by atoms with Crippen molar-refractivity contribution < 1.29 is 29.0 Å². The Hall–Kier alpha value is -0.260. The van der Waals surface area contributed by atoms with Crippen molar-refractivity contribution >= 4 is 96.9 Å². The SMILES string of the molecule is CCOC(O)CCCCCOC(=O)c1c(I)c(NC(C)=O)c(I)c(NC(C)=O)c1I. The van der Waals surface area contributed by atoms with E-state index in [1.807, 2.05) is 74.7 Å². The standard InChI is InChI=1S/C19H25I3N2O6/c1-4-29-12(27)8-6-5-7-9-30-19(28)13-14(20)17(23-10(2)25)16(22)18(15(13)21)24-11(3)26/h12,27H,4-9H2,1-3H3,(H,23,25)(H,24,26). The average molecular weight is 758 g/mol. The number of carbonyl (C=O) groups is 3. The van der Waals surface area contributed by atoms with E-state index in [0.29, 0.717) is 47.1 Å². The molecule has 1 atom stereocenters. The minimum Gasteiger partial charge on any atom is -0.462 e. The van der Waals surface area contributed by atoms with E-state index in [0.717, 1.165) is 12.8 Å². The molecular weight excluding hydrogens is 733 g/mol. The molecule has 30 heavy (non-hydrogen) atoms. The second kappa shape index (κ2) is 14.0. The number of unbranched alkanes of at least 4 members (excludes halogenated alkanes) is 2. The zero-order valence-corrected chi connectivity index (χ0v) is 23.4. The van der Waals surface area contributed by atoms with E-state index < -0.39 is 12.3 Å². The van der Waals surface area contributed by atoms with Crippen molar-refractivity contribution in [2.75, 3.05) is 23.8 Å². The summed E-state index contributed by atoms with van der Waals surface area (Å²) in [6.45, 7) is 5.27. The van der Waals surface area contributed by atoms with E-state index in [4.69, 9.17) is 9.47 Å². The van der Waals surface area contributed by atoms with Crippen LogP contribution in [0, 0.1) is 10.7 Å². The zero-order chi connectivity index (χ0) is 22.8. The number of carbonyl (C=O) groups excluding carboxylic acids is 3. The predicted molar refractivity (Wildman–Crippen MR) is 140 cm³/mol. The van der Waals surface area contributed by atoms with Crippen LogP contribution in [0.5, 0.6) is 0 Å². The van der Waals surface area contributed by atoms with Gasteiger partial charge in [-0.15, -0.1) is 0 Å². The molecular formula is C19H25I3N2O6. The fraction of sp³-hybridized carbons (Fsp3) is 0.526. The first-order valence-corrected chi connectivity index (χ1v) is 12.6. The Morgan fingerprint density at radius 1 is 0.933 bits per heavy atom. The number of halogens is 3. The lowest BCUT2D eigenvalue weighted by molar-refractivity contribution is -0.115. The Balaban J connectivity index is 2.91. The van der Waals surface area contributed by atoms with Gasteiger partial charge in [-0.25, -0.2) is 4.79 Å². The van der Waals surface area contributed by atoms with Gasteiger partial charge in [0.2, 0.25) is 11.8 Å². The molecule has 0 heterocycles. The van der Waals surface area contributed by atoms with Crippen LogP contribution in [0.1, 0.15) is 56.8 Å². The second-order valence-corrected chi connectivity index (χ2v) is 9.56. The van der Waals surface area contributed by atoms with Crippen LogP contribution in [0.3, 0.4) is 0 Å². The third-order valence-corrected chi connectivity index (χ3v) is 7.05. The molecule has 3 N–H and O–H groups in total. The Kier molecular flexibility index (Phi) is 13.0. The molecule has 0 aromatic heterocycles. The molecule has 0 bridgehead atoms. The van der Waals surface area contributed by atoms with Gasteiger partial charge in [-0.2, -0.15) is 0 Å². The van der Waals surface area contributed by atoms with Crippen molar-refractivity contribution in [2.24, 2.45) is 0 Å². The molecule has 0 aliphatic heterocycles. The third-order valence-electron chi connectivity index (χ3n) is 3.81. The minimum atomic E-state index is -0.758. The molecule has 0 spiro atoms. The number of hydrogen-bond acceptors (Lipinski definition) is 6. The van der Waals surface area contributed by atoms with Gasteiger partial charge in [-0.1, -0.05) is 0 Å². The Labute approximate surface area is 217 Å². The molecule has 0 saturated heterocycles. The van der Waals surface area contributed by atoms with Crippen molar-refractivity contribution in [2.45, 2.75) is 52.7 Å². The van der Waals surface area contributed by atoms with E-state index >= 15 is 0 Å². The summed E-state index contributed by atoms with van der Waals surface area (Å²) in [7, 11) is 0. The number of nitrogens with one attached hydrogen (secondary N) is 2. The quantitative estimate of drug-likeness (QED) is 0.133. The summed E-state index contributed by atoms with van der Waals surface area (Å²) in [6, 6.07) is 0. The zero-order valence-electron chi connectivity index (χ0n) is 16.9. The van der Waals surface area contributed by atoms with Crippen molar-refractivity contribution in [3.63, 3.8) is 0 Å². The van der Waals surface area contributed by atoms with E-state index in [2.05, 4.69) is 10.6 Å². The molecule has 8 nitrogen and oxygen atoms in total. The van der Waals surface area contributed by atoms with Crippen molar-refractivity contribution in [3.05, 3.63) is 16.3 Å². The summed E-state index contributed by atoms with van der Waals surface area (Å²) in [4.78, 5) is 36.0. The summed E-state index contributed by atoms with van der Waals surface area (Å²) in [5, 5.41) is 15.0. The number of ether oxygens (including phenoxy) is 2. The predicted octanol–water partition coefficient (Wildman–Crippen LogP) is 4.49. The van der Waals surface area contributed by atoms with Crippen LogP contribution in [-0.4, -0.2) is 42.4 Å². The molecule has 0 radical (unpaired) electrons. The minimum absolute atomic E-state index is 0.229. The van der Waals surface area contributed by atoms with E-state index in [9.17, 15) is 19.5 Å². The van der Waals surface area contributed by atoms with E-state index in [1.54, 1.807) is 0 Å². The van der Waals surface area contributed by atoms with Crippen LogP contribution in [0.4, 0.5) is 11.4 Å². The highest BCUT2D eigenvalue weighted by atomic mass is 127. The Morgan fingerprint density at radius 3 is 1.93 bits per heavy atom. The lowest BCUT2D eigenvalue weighted by Gasteiger charge is -2.19. The van der Waals surface area contributed by atoms with Gasteiger partial charge >= 0.3 is 5.97 Å². The highest BCUT2D eigenvalue weighted by Crippen LogP contribution is 2.39. The van der Waals surface area contributed by atoms with Gasteiger partial charge in [-0.3, -0.25) is 9.59 Å². The Bertz CT molecular complexity index is 745. The lowest BCUT2D eigenvalue weighted by Crippen LogP contribution is -2.19. The Morgan fingerprint density at radius 2 is 1.47 bits per heavy atom. The molecule has 1 rings (SSSR count). The van der Waals surface area contributed by atoms with Crippen LogP contribution >= 0.6 is 67.8 Å². The number of hydrogen-bond donors (Lipinski definition) is 3. The summed E-state index contributed by atoms with van der Waals surface area (Å²) < 4.78 is 12.2. The maximum Gasteiger partial charge on any atom is 0.340 e.